The number of halogens is 5. The van der Waals surface area contributed by atoms with Crippen molar-refractivity contribution >= 4 is 18.3 Å². The Morgan fingerprint density at radius 1 is 1.23 bits per heavy atom. The molecule has 0 aromatic heterocycles. The zero-order chi connectivity index (χ0) is 15.9. The fraction of sp³-hybridized carbons (Fsp3) is 0.462. The van der Waals surface area contributed by atoms with Crippen LogP contribution in [0.2, 0.25) is 0 Å². The van der Waals surface area contributed by atoms with Crippen molar-refractivity contribution in [3.05, 3.63) is 35.1 Å². The highest BCUT2D eigenvalue weighted by Gasteiger charge is 2.34. The number of methoxy groups -OCH3 is 1. The van der Waals surface area contributed by atoms with E-state index in [0.717, 1.165) is 6.07 Å². The quantitative estimate of drug-likeness (QED) is 0.589. The van der Waals surface area contributed by atoms with Crippen molar-refractivity contribution < 1.29 is 27.1 Å². The molecule has 0 bridgehead atoms. The predicted molar refractivity (Wildman–Crippen MR) is 75.7 cm³/mol. The van der Waals surface area contributed by atoms with Gasteiger partial charge in [-0.05, 0) is 18.2 Å². The number of carbonyl (C=O) groups is 1. The third-order valence-electron chi connectivity index (χ3n) is 2.60. The Morgan fingerprint density at radius 2 is 1.91 bits per heavy atom. The molecule has 22 heavy (non-hydrogen) atoms. The van der Waals surface area contributed by atoms with Crippen LogP contribution in [-0.2, 0) is 10.9 Å². The summed E-state index contributed by atoms with van der Waals surface area (Å²) < 4.78 is 55.5. The SMILES string of the molecule is COCCNCCNC(=O)c1ccc(F)c(C(F)(F)F)c1.Cl. The molecule has 126 valence electrons. The first-order valence-electron chi connectivity index (χ1n) is 6.21. The van der Waals surface area contributed by atoms with Crippen molar-refractivity contribution in [2.75, 3.05) is 33.4 Å². The molecule has 9 heteroatoms. The lowest BCUT2D eigenvalue weighted by atomic mass is 10.1. The van der Waals surface area contributed by atoms with Gasteiger partial charge in [-0.1, -0.05) is 0 Å². The van der Waals surface area contributed by atoms with Crippen LogP contribution in [0, 0.1) is 5.82 Å². The Balaban J connectivity index is 0.00000441. The van der Waals surface area contributed by atoms with E-state index in [2.05, 4.69) is 10.6 Å². The highest BCUT2D eigenvalue weighted by atomic mass is 35.5. The van der Waals surface area contributed by atoms with Crippen LogP contribution in [0.25, 0.3) is 0 Å². The molecule has 0 unspecified atom stereocenters. The minimum atomic E-state index is -4.83. The average Bonchev–Trinajstić information content (AvgIpc) is 2.41. The topological polar surface area (TPSA) is 50.4 Å². The molecular formula is C13H17ClF4N2O2. The molecule has 0 fully saturated rings. The molecule has 1 aromatic carbocycles. The largest absolute Gasteiger partial charge is 0.419 e. The molecule has 0 aliphatic rings. The Labute approximate surface area is 131 Å². The molecule has 1 aromatic rings. The molecule has 0 heterocycles. The molecular weight excluding hydrogens is 328 g/mol. The standard InChI is InChI=1S/C13H16F4N2O2.ClH/c1-21-7-6-18-4-5-19-12(20)9-2-3-11(14)10(8-9)13(15,16)17;/h2-3,8,18H,4-7H2,1H3,(H,19,20);1H. The van der Waals surface area contributed by atoms with Gasteiger partial charge < -0.3 is 15.4 Å². The van der Waals surface area contributed by atoms with Crippen LogP contribution in [-0.4, -0.2) is 39.3 Å². The van der Waals surface area contributed by atoms with E-state index >= 15 is 0 Å². The molecule has 2 N–H and O–H groups in total. The van der Waals surface area contributed by atoms with E-state index in [0.29, 0.717) is 31.8 Å². The number of benzene rings is 1. The second-order valence-corrected chi connectivity index (χ2v) is 4.19. The Kier molecular flexibility index (Phi) is 9.00. The second-order valence-electron chi connectivity index (χ2n) is 4.19. The van der Waals surface area contributed by atoms with Gasteiger partial charge in [-0.3, -0.25) is 4.79 Å². The van der Waals surface area contributed by atoms with Crippen molar-refractivity contribution in [3.63, 3.8) is 0 Å². The monoisotopic (exact) mass is 344 g/mol. The van der Waals surface area contributed by atoms with Crippen molar-refractivity contribution in [2.45, 2.75) is 6.18 Å². The number of carbonyl (C=O) groups excluding carboxylic acids is 1. The molecule has 0 radical (unpaired) electrons. The summed E-state index contributed by atoms with van der Waals surface area (Å²) >= 11 is 0. The number of hydrogen-bond acceptors (Lipinski definition) is 3. The lowest BCUT2D eigenvalue weighted by Gasteiger charge is -2.10. The second kappa shape index (κ2) is 9.60. The summed E-state index contributed by atoms with van der Waals surface area (Å²) in [6.07, 6.45) is -4.83. The number of hydrogen-bond donors (Lipinski definition) is 2. The van der Waals surface area contributed by atoms with E-state index in [1.54, 1.807) is 7.11 Å². The molecule has 0 saturated heterocycles. The lowest BCUT2D eigenvalue weighted by Crippen LogP contribution is -2.33. The smallest absolute Gasteiger partial charge is 0.383 e. The summed E-state index contributed by atoms with van der Waals surface area (Å²) in [5.41, 5.74) is -1.69. The summed E-state index contributed by atoms with van der Waals surface area (Å²) in [5, 5.41) is 5.40. The minimum Gasteiger partial charge on any atom is -0.383 e. The van der Waals surface area contributed by atoms with E-state index < -0.39 is 23.5 Å². The molecule has 1 rings (SSSR count). The van der Waals surface area contributed by atoms with Crippen molar-refractivity contribution in [2.24, 2.45) is 0 Å². The Morgan fingerprint density at radius 3 is 2.50 bits per heavy atom. The van der Waals surface area contributed by atoms with E-state index in [-0.39, 0.29) is 24.5 Å². The van der Waals surface area contributed by atoms with E-state index in [1.807, 2.05) is 0 Å². The van der Waals surface area contributed by atoms with Gasteiger partial charge >= 0.3 is 6.18 Å². The maximum Gasteiger partial charge on any atom is 0.419 e. The summed E-state index contributed by atoms with van der Waals surface area (Å²) in [4.78, 5) is 11.7. The van der Waals surface area contributed by atoms with E-state index in [9.17, 15) is 22.4 Å². The number of rotatable bonds is 7. The van der Waals surface area contributed by atoms with E-state index in [4.69, 9.17) is 4.74 Å². The summed E-state index contributed by atoms with van der Waals surface area (Å²) in [6, 6.07) is 2.15. The van der Waals surface area contributed by atoms with Gasteiger partial charge in [0.2, 0.25) is 0 Å². The summed E-state index contributed by atoms with van der Waals surface area (Å²) in [5.74, 6) is -2.09. The van der Waals surface area contributed by atoms with Gasteiger partial charge in [0, 0.05) is 32.3 Å². The lowest BCUT2D eigenvalue weighted by molar-refractivity contribution is -0.140. The third kappa shape index (κ3) is 6.59. The first kappa shape index (κ1) is 20.6. The van der Waals surface area contributed by atoms with Gasteiger partial charge in [0.15, 0.2) is 0 Å². The number of nitrogens with one attached hydrogen (secondary N) is 2. The van der Waals surface area contributed by atoms with Gasteiger partial charge in [0.25, 0.3) is 5.91 Å². The van der Waals surface area contributed by atoms with Crippen LogP contribution >= 0.6 is 12.4 Å². The summed E-state index contributed by atoms with van der Waals surface area (Å²) in [7, 11) is 1.55. The molecule has 0 aliphatic carbocycles. The summed E-state index contributed by atoms with van der Waals surface area (Å²) in [6.45, 7) is 1.80. The molecule has 0 saturated carbocycles. The van der Waals surface area contributed by atoms with Crippen molar-refractivity contribution in [1.29, 1.82) is 0 Å². The zero-order valence-corrected chi connectivity index (χ0v) is 12.6. The molecule has 4 nitrogen and oxygen atoms in total. The molecule has 0 aliphatic heterocycles. The molecule has 1 amide bonds. The number of ether oxygens (including phenoxy) is 1. The Hall–Kier alpha value is -1.38. The van der Waals surface area contributed by atoms with Crippen LogP contribution in [0.15, 0.2) is 18.2 Å². The Bertz CT molecular complexity index is 484. The number of amides is 1. The molecule has 0 atom stereocenters. The van der Waals surface area contributed by atoms with Crippen molar-refractivity contribution in [3.8, 4) is 0 Å². The first-order valence-corrected chi connectivity index (χ1v) is 6.21. The van der Waals surface area contributed by atoms with Crippen LogP contribution in [0.3, 0.4) is 0 Å². The highest BCUT2D eigenvalue weighted by molar-refractivity contribution is 5.94. The van der Waals surface area contributed by atoms with Crippen LogP contribution in [0.4, 0.5) is 17.6 Å². The highest BCUT2D eigenvalue weighted by Crippen LogP contribution is 2.31. The average molecular weight is 345 g/mol. The maximum absolute atomic E-state index is 13.1. The van der Waals surface area contributed by atoms with Gasteiger partial charge in [-0.25, -0.2) is 4.39 Å². The fourth-order valence-corrected chi connectivity index (χ4v) is 1.55. The van der Waals surface area contributed by atoms with Gasteiger partial charge in [0.05, 0.1) is 12.2 Å². The first-order chi connectivity index (χ1) is 9.86. The van der Waals surface area contributed by atoms with Crippen LogP contribution in [0.5, 0.6) is 0 Å². The fourth-order valence-electron chi connectivity index (χ4n) is 1.55. The van der Waals surface area contributed by atoms with Crippen LogP contribution < -0.4 is 10.6 Å². The zero-order valence-electron chi connectivity index (χ0n) is 11.8. The van der Waals surface area contributed by atoms with Crippen LogP contribution in [0.1, 0.15) is 15.9 Å². The number of alkyl halides is 3. The normalized spacial score (nSPS) is 11.0. The van der Waals surface area contributed by atoms with Gasteiger partial charge in [0.1, 0.15) is 5.82 Å². The predicted octanol–water partition coefficient (Wildman–Crippen LogP) is 2.23. The molecule has 0 spiro atoms. The van der Waals surface area contributed by atoms with Gasteiger partial charge in [-0.15, -0.1) is 12.4 Å². The van der Waals surface area contributed by atoms with Gasteiger partial charge in [-0.2, -0.15) is 13.2 Å². The third-order valence-corrected chi connectivity index (χ3v) is 2.60. The maximum atomic E-state index is 13.1. The minimum absolute atomic E-state index is 0. The van der Waals surface area contributed by atoms with E-state index in [1.165, 1.54) is 0 Å². The van der Waals surface area contributed by atoms with Crippen molar-refractivity contribution in [1.82, 2.24) is 10.6 Å².